The van der Waals surface area contributed by atoms with Gasteiger partial charge >= 0.3 is 50.4 Å². The topological polar surface area (TPSA) is 200 Å². The summed E-state index contributed by atoms with van der Waals surface area (Å²) in [5.41, 5.74) is 10.7. The molecule has 1 aliphatic rings. The van der Waals surface area contributed by atoms with Crippen LogP contribution in [0.1, 0.15) is 53.4 Å². The number of ketones is 2. The number of Topliss-reactive ketones (excluding diaryl/α,β-unsaturated/α-hetero) is 2. The number of rotatable bonds is 2. The zero-order valence-electron chi connectivity index (χ0n) is 20.2. The Bertz CT molecular complexity index is 778. The molecular weight excluding hydrogens is 561 g/mol. The number of hydrogen-bond acceptors (Lipinski definition) is 9. The fourth-order valence-corrected chi connectivity index (χ4v) is 2.00. The monoisotopic (exact) mass is 591 g/mol. The van der Waals surface area contributed by atoms with E-state index in [0.717, 1.165) is 20.0 Å². The van der Waals surface area contributed by atoms with Gasteiger partial charge in [0.25, 0.3) is 0 Å². The standard InChI is InChI=1S/C6H14N2.2C6H7NO2.CH4O.Cr.F6P/c7-5-3-1-2-4-6(5)8;2*1-4(8)6(3-7)5(2)9;1-2;;1-7(2,3,4,5)6/h5-6H,1-4,7-8H2;2*8H,1-2H3;2H,1H3;;/q;;;;+5;-1/p-2/b;2*6-4-;;;/t5-,6-;;;;;/m1...../s1. The van der Waals surface area contributed by atoms with E-state index in [2.05, 4.69) is 0 Å². The van der Waals surface area contributed by atoms with E-state index in [1.54, 1.807) is 0 Å². The molecular formula is C19H30CrF6N4O5P+2. The summed E-state index contributed by atoms with van der Waals surface area (Å²) in [5, 5.41) is 43.9. The van der Waals surface area contributed by atoms with Gasteiger partial charge in [-0.15, -0.1) is 11.5 Å². The minimum atomic E-state index is -10.7. The number of nitrogens with zero attached hydrogens (tertiary/aromatic N) is 2. The van der Waals surface area contributed by atoms with Crippen molar-refractivity contribution in [3.05, 3.63) is 22.7 Å². The molecule has 1 saturated carbocycles. The molecule has 0 bridgehead atoms. The summed E-state index contributed by atoms with van der Waals surface area (Å²) >= 11 is 0. The molecule has 1 radical (unpaired) electrons. The van der Waals surface area contributed by atoms with Gasteiger partial charge in [-0.25, -0.2) is 0 Å². The van der Waals surface area contributed by atoms with E-state index in [9.17, 15) is 45.0 Å². The molecule has 1 fully saturated rings. The van der Waals surface area contributed by atoms with Gasteiger partial charge in [-0.3, -0.25) is 9.59 Å². The van der Waals surface area contributed by atoms with Gasteiger partial charge < -0.3 is 26.8 Å². The van der Waals surface area contributed by atoms with Crippen molar-refractivity contribution in [1.29, 1.82) is 10.5 Å². The predicted molar refractivity (Wildman–Crippen MR) is 114 cm³/mol. The maximum Gasteiger partial charge on any atom is 5.00 e. The molecule has 0 aromatic carbocycles. The number of hydrogen-bond donors (Lipinski definition) is 3. The average Bonchev–Trinajstić information content (AvgIpc) is 2.64. The number of carbonyl (C=O) groups is 2. The van der Waals surface area contributed by atoms with Crippen molar-refractivity contribution in [2.24, 2.45) is 11.5 Å². The van der Waals surface area contributed by atoms with Crippen molar-refractivity contribution in [2.45, 2.75) is 65.5 Å². The van der Waals surface area contributed by atoms with Crippen molar-refractivity contribution in [3.63, 3.8) is 0 Å². The van der Waals surface area contributed by atoms with Crippen molar-refractivity contribution in [1.82, 2.24) is 0 Å². The van der Waals surface area contributed by atoms with Gasteiger partial charge in [0, 0.05) is 19.2 Å². The fraction of sp³-hybridized carbons (Fsp3) is 0.579. The van der Waals surface area contributed by atoms with Crippen LogP contribution < -0.4 is 21.7 Å². The molecule has 207 valence electrons. The zero-order chi connectivity index (χ0) is 29.3. The number of carbonyl (C=O) groups excluding carboxylic acids is 2. The number of halogens is 6. The molecule has 0 amide bonds. The first-order valence-corrected chi connectivity index (χ1v) is 11.6. The van der Waals surface area contributed by atoms with Crippen LogP contribution in [0.3, 0.4) is 0 Å². The number of nitriles is 2. The third kappa shape index (κ3) is 36.4. The molecule has 0 aromatic heterocycles. The van der Waals surface area contributed by atoms with Crippen molar-refractivity contribution >= 4 is 19.4 Å². The Morgan fingerprint density at radius 1 is 0.778 bits per heavy atom. The number of nitrogens with two attached hydrogens (primary N) is 2. The predicted octanol–water partition coefficient (Wildman–Crippen LogP) is 2.67. The number of aliphatic hydroxyl groups excluding tert-OH is 1. The quantitative estimate of drug-likeness (QED) is 0.142. The van der Waals surface area contributed by atoms with Gasteiger partial charge in [-0.1, -0.05) is 26.7 Å². The third-order valence-electron chi connectivity index (χ3n) is 3.51. The van der Waals surface area contributed by atoms with Crippen LogP contribution in [0.5, 0.6) is 0 Å². The van der Waals surface area contributed by atoms with E-state index >= 15 is 0 Å². The van der Waals surface area contributed by atoms with E-state index < -0.39 is 30.9 Å². The van der Waals surface area contributed by atoms with Gasteiger partial charge in [0.2, 0.25) is 0 Å². The first-order chi connectivity index (χ1) is 15.4. The van der Waals surface area contributed by atoms with Gasteiger partial charge in [0.1, 0.15) is 12.1 Å². The van der Waals surface area contributed by atoms with Gasteiger partial charge in [-0.05, 0) is 26.7 Å². The minimum Gasteiger partial charge on any atom is -0.326 e. The van der Waals surface area contributed by atoms with Crippen molar-refractivity contribution in [3.8, 4) is 12.1 Å². The summed E-state index contributed by atoms with van der Waals surface area (Å²) in [6.45, 7) is 4.78. The molecule has 5 N–H and O–H groups in total. The van der Waals surface area contributed by atoms with Gasteiger partial charge in [-0.2, -0.15) is 10.5 Å². The second-order valence-corrected chi connectivity index (χ2v) is 8.69. The number of aliphatic hydroxyl groups is 1. The van der Waals surface area contributed by atoms with Crippen LogP contribution in [0.25, 0.3) is 0 Å². The van der Waals surface area contributed by atoms with Crippen molar-refractivity contribution < 1.29 is 67.5 Å². The zero-order valence-corrected chi connectivity index (χ0v) is 22.4. The molecule has 0 heterocycles. The van der Waals surface area contributed by atoms with E-state index in [-0.39, 0.29) is 40.6 Å². The van der Waals surface area contributed by atoms with Crippen LogP contribution in [0.15, 0.2) is 22.7 Å². The Labute approximate surface area is 216 Å². The molecule has 0 unspecified atom stereocenters. The Hall–Kier alpha value is -2.18. The maximum atomic E-state index is 10.3. The molecule has 0 spiro atoms. The Morgan fingerprint density at radius 2 is 0.972 bits per heavy atom. The second-order valence-electron chi connectivity index (χ2n) is 6.77. The minimum absolute atomic E-state index is 0. The molecule has 1 rings (SSSR count). The van der Waals surface area contributed by atoms with Crippen LogP contribution in [0.4, 0.5) is 25.2 Å². The van der Waals surface area contributed by atoms with E-state index in [1.807, 2.05) is 0 Å². The Kier molecular flexibility index (Phi) is 22.1. The van der Waals surface area contributed by atoms with Crippen LogP contribution in [0.2, 0.25) is 0 Å². The summed E-state index contributed by atoms with van der Waals surface area (Å²) in [7, 11) is -9.66. The van der Waals surface area contributed by atoms with Crippen LogP contribution >= 0.6 is 7.81 Å². The molecule has 17 heteroatoms. The number of allylic oxidation sites excluding steroid dienone is 4. The fourth-order valence-electron chi connectivity index (χ4n) is 2.00. The summed E-state index contributed by atoms with van der Waals surface area (Å²) in [6.07, 6.45) is 4.80. The first-order valence-electron chi connectivity index (χ1n) is 9.54. The summed E-state index contributed by atoms with van der Waals surface area (Å²) in [6, 6.07) is 3.60. The SMILES string of the molecule is CC(=O)/C(C#N)=C(/C)[O-].CC(=O)/C(C#N)=C(/C)[O-].CO.F[P-](F)(F)(F)(F)F.N[C@@H]1CCCC[C@H]1N.[Cr+5]. The molecule has 0 aliphatic heterocycles. The summed E-state index contributed by atoms with van der Waals surface area (Å²) in [4.78, 5) is 20.7. The molecule has 9 nitrogen and oxygen atoms in total. The van der Waals surface area contributed by atoms with Crippen LogP contribution in [-0.2, 0) is 27.0 Å². The normalized spacial score (nSPS) is 19.3. The van der Waals surface area contributed by atoms with Crippen molar-refractivity contribution in [2.75, 3.05) is 7.11 Å². The van der Waals surface area contributed by atoms with Crippen LogP contribution in [-0.4, -0.2) is 35.9 Å². The molecule has 1 aliphatic carbocycles. The molecule has 2 atom stereocenters. The van der Waals surface area contributed by atoms with E-state index in [4.69, 9.17) is 27.1 Å². The van der Waals surface area contributed by atoms with Gasteiger partial charge in [0.15, 0.2) is 11.6 Å². The Balaban J connectivity index is -0.000000115. The maximum absolute atomic E-state index is 10.7. The first kappa shape index (κ1) is 43.9. The molecule has 0 saturated heterocycles. The third-order valence-corrected chi connectivity index (χ3v) is 3.51. The molecule has 36 heavy (non-hydrogen) atoms. The summed E-state index contributed by atoms with van der Waals surface area (Å²) < 4.78 is 59.2. The van der Waals surface area contributed by atoms with E-state index in [0.29, 0.717) is 0 Å². The van der Waals surface area contributed by atoms with E-state index in [1.165, 1.54) is 52.7 Å². The van der Waals surface area contributed by atoms with Crippen LogP contribution in [0, 0.1) is 22.7 Å². The largest absolute Gasteiger partial charge is 5.00 e. The smallest absolute Gasteiger partial charge is 0.326 e. The average molecular weight is 591 g/mol. The second kappa shape index (κ2) is 18.1. The molecule has 0 aromatic rings. The Morgan fingerprint density at radius 3 is 1.03 bits per heavy atom. The summed E-state index contributed by atoms with van der Waals surface area (Å²) in [5.74, 6) is -1.87. The van der Waals surface area contributed by atoms with Gasteiger partial charge in [0.05, 0.1) is 11.1 Å².